The summed E-state index contributed by atoms with van der Waals surface area (Å²) in [6.45, 7) is 2.39. The number of ether oxygens (including phenoxy) is 3. The third-order valence-electron chi connectivity index (χ3n) is 3.33. The molecule has 2 aromatic rings. The van der Waals surface area contributed by atoms with Crippen molar-refractivity contribution in [2.24, 2.45) is 5.10 Å². The Kier molecular flexibility index (Phi) is 7.47. The lowest BCUT2D eigenvalue weighted by Crippen LogP contribution is -2.17. The van der Waals surface area contributed by atoms with E-state index < -0.39 is 0 Å². The molecule has 0 atom stereocenters. The molecule has 0 aromatic heterocycles. The van der Waals surface area contributed by atoms with E-state index in [1.165, 1.54) is 7.11 Å². The van der Waals surface area contributed by atoms with Crippen LogP contribution >= 0.6 is 31.9 Å². The fourth-order valence-corrected chi connectivity index (χ4v) is 3.71. The van der Waals surface area contributed by atoms with E-state index in [2.05, 4.69) is 42.4 Å². The van der Waals surface area contributed by atoms with Crippen LogP contribution in [0, 0.1) is 0 Å². The van der Waals surface area contributed by atoms with E-state index in [9.17, 15) is 4.79 Å². The summed E-state index contributed by atoms with van der Waals surface area (Å²) < 4.78 is 17.5. The second kappa shape index (κ2) is 9.59. The average molecular weight is 486 g/mol. The van der Waals surface area contributed by atoms with Crippen LogP contribution in [-0.2, 0) is 0 Å². The van der Waals surface area contributed by atoms with Gasteiger partial charge in [0.25, 0.3) is 5.91 Å². The summed E-state index contributed by atoms with van der Waals surface area (Å²) in [5.74, 6) is 1.41. The fraction of sp³-hybridized carbons (Fsp3) is 0.222. The van der Waals surface area contributed by atoms with Crippen LogP contribution in [-0.4, -0.2) is 32.9 Å². The number of halogens is 2. The number of hydrogen-bond donors (Lipinski definition) is 1. The predicted molar refractivity (Wildman–Crippen MR) is 108 cm³/mol. The van der Waals surface area contributed by atoms with Gasteiger partial charge in [0.05, 0.1) is 36.0 Å². The maximum atomic E-state index is 12.2. The lowest BCUT2D eigenvalue weighted by Gasteiger charge is -2.10. The van der Waals surface area contributed by atoms with Crippen LogP contribution in [0.25, 0.3) is 0 Å². The van der Waals surface area contributed by atoms with Gasteiger partial charge in [-0.25, -0.2) is 5.43 Å². The van der Waals surface area contributed by atoms with Crippen LogP contribution in [0.4, 0.5) is 0 Å². The smallest absolute Gasteiger partial charge is 0.271 e. The number of benzene rings is 2. The molecule has 6 nitrogen and oxygen atoms in total. The van der Waals surface area contributed by atoms with Crippen molar-refractivity contribution in [3.63, 3.8) is 0 Å². The third kappa shape index (κ3) is 4.98. The Morgan fingerprint density at radius 2 is 1.81 bits per heavy atom. The summed E-state index contributed by atoms with van der Waals surface area (Å²) in [7, 11) is 3.11. The van der Waals surface area contributed by atoms with Crippen LogP contribution < -0.4 is 19.6 Å². The Morgan fingerprint density at radius 1 is 1.12 bits per heavy atom. The van der Waals surface area contributed by atoms with Gasteiger partial charge in [-0.1, -0.05) is 0 Å². The van der Waals surface area contributed by atoms with Crippen LogP contribution in [0.2, 0.25) is 0 Å². The van der Waals surface area contributed by atoms with Crippen molar-refractivity contribution >= 4 is 44.0 Å². The molecule has 0 bridgehead atoms. The van der Waals surface area contributed by atoms with Gasteiger partial charge in [0.15, 0.2) is 11.5 Å². The third-order valence-corrected chi connectivity index (χ3v) is 4.51. The number of nitrogens with one attached hydrogen (secondary N) is 1. The molecule has 0 fully saturated rings. The molecule has 0 aliphatic rings. The number of amides is 1. The number of hydrogen-bond acceptors (Lipinski definition) is 5. The lowest BCUT2D eigenvalue weighted by atomic mass is 10.2. The van der Waals surface area contributed by atoms with E-state index in [-0.39, 0.29) is 5.91 Å². The summed E-state index contributed by atoms with van der Waals surface area (Å²) in [6, 6.07) is 8.62. The first-order chi connectivity index (χ1) is 12.5. The van der Waals surface area contributed by atoms with Gasteiger partial charge in [-0.05, 0) is 74.7 Å². The quantitative estimate of drug-likeness (QED) is 0.466. The Labute approximate surface area is 168 Å². The number of carbonyl (C=O) groups is 1. The first-order valence-electron chi connectivity index (χ1n) is 7.67. The highest BCUT2D eigenvalue weighted by atomic mass is 79.9. The van der Waals surface area contributed by atoms with Gasteiger partial charge in [0, 0.05) is 5.56 Å². The largest absolute Gasteiger partial charge is 0.494 e. The highest BCUT2D eigenvalue weighted by Gasteiger charge is 2.11. The number of hydrazone groups is 1. The molecule has 0 saturated heterocycles. The first-order valence-corrected chi connectivity index (χ1v) is 9.26. The maximum absolute atomic E-state index is 12.2. The molecule has 0 aliphatic carbocycles. The van der Waals surface area contributed by atoms with Crippen molar-refractivity contribution < 1.29 is 19.0 Å². The van der Waals surface area contributed by atoms with Gasteiger partial charge in [-0.2, -0.15) is 5.10 Å². The molecule has 1 N–H and O–H groups in total. The zero-order valence-corrected chi connectivity index (χ0v) is 17.7. The molecule has 2 aromatic carbocycles. The van der Waals surface area contributed by atoms with Gasteiger partial charge in [0.2, 0.25) is 0 Å². The van der Waals surface area contributed by atoms with Gasteiger partial charge in [0.1, 0.15) is 5.75 Å². The summed E-state index contributed by atoms with van der Waals surface area (Å²) in [5, 5.41) is 3.99. The zero-order valence-electron chi connectivity index (χ0n) is 14.5. The minimum atomic E-state index is -0.353. The Morgan fingerprint density at radius 3 is 2.38 bits per heavy atom. The molecule has 0 spiro atoms. The van der Waals surface area contributed by atoms with Crippen molar-refractivity contribution in [1.29, 1.82) is 0 Å². The minimum Gasteiger partial charge on any atom is -0.494 e. The minimum absolute atomic E-state index is 0.353. The Bertz CT molecular complexity index is 802. The van der Waals surface area contributed by atoms with E-state index in [4.69, 9.17) is 14.2 Å². The van der Waals surface area contributed by atoms with E-state index in [1.54, 1.807) is 31.5 Å². The van der Waals surface area contributed by atoms with Crippen LogP contribution in [0.3, 0.4) is 0 Å². The number of methoxy groups -OCH3 is 2. The van der Waals surface area contributed by atoms with Crippen LogP contribution in [0.1, 0.15) is 22.8 Å². The molecule has 0 radical (unpaired) electrons. The normalized spacial score (nSPS) is 10.7. The van der Waals surface area contributed by atoms with E-state index in [1.807, 2.05) is 19.1 Å². The van der Waals surface area contributed by atoms with E-state index in [0.717, 1.165) is 14.5 Å². The summed E-state index contributed by atoms with van der Waals surface area (Å²) >= 11 is 6.84. The molecule has 1 amide bonds. The fourth-order valence-electron chi connectivity index (χ4n) is 2.16. The number of carbonyl (C=O) groups excluding carboxylic acids is 1. The maximum Gasteiger partial charge on any atom is 0.271 e. The van der Waals surface area contributed by atoms with Crippen LogP contribution in [0.5, 0.6) is 17.2 Å². The lowest BCUT2D eigenvalue weighted by molar-refractivity contribution is 0.0954. The van der Waals surface area contributed by atoms with Crippen LogP contribution in [0.15, 0.2) is 44.4 Å². The average Bonchev–Trinajstić information content (AvgIpc) is 2.62. The van der Waals surface area contributed by atoms with E-state index in [0.29, 0.717) is 29.4 Å². The Balaban J connectivity index is 2.10. The molecule has 26 heavy (non-hydrogen) atoms. The van der Waals surface area contributed by atoms with Crippen molar-refractivity contribution in [3.8, 4) is 17.2 Å². The molecule has 0 heterocycles. The van der Waals surface area contributed by atoms with Gasteiger partial charge >= 0.3 is 0 Å². The van der Waals surface area contributed by atoms with Crippen molar-refractivity contribution in [3.05, 3.63) is 50.4 Å². The molecule has 8 heteroatoms. The summed E-state index contributed by atoms with van der Waals surface area (Å²) in [5.41, 5.74) is 3.69. The van der Waals surface area contributed by atoms with Crippen molar-refractivity contribution in [2.45, 2.75) is 6.92 Å². The molecule has 2 rings (SSSR count). The Hall–Kier alpha value is -2.06. The summed E-state index contributed by atoms with van der Waals surface area (Å²) in [6.07, 6.45) is 1.54. The predicted octanol–water partition coefficient (Wildman–Crippen LogP) is 4.39. The van der Waals surface area contributed by atoms with Gasteiger partial charge in [-0.15, -0.1) is 0 Å². The number of nitrogens with zero attached hydrogens (tertiary/aromatic N) is 1. The highest BCUT2D eigenvalue weighted by molar-refractivity contribution is 9.11. The highest BCUT2D eigenvalue weighted by Crippen LogP contribution is 2.34. The standard InChI is InChI=1S/C18H18Br2N2O4/c1-4-26-15-6-5-12(9-16(15)24-2)18(23)22-21-10-11-7-13(19)17(25-3)14(20)8-11/h5-10H,4H2,1-3H3,(H,22,23)/b21-10+. The molecule has 0 aliphatic heterocycles. The second-order valence-corrected chi connectivity index (χ2v) is 6.72. The van der Waals surface area contributed by atoms with Crippen molar-refractivity contribution in [2.75, 3.05) is 20.8 Å². The molecule has 0 unspecified atom stereocenters. The SMILES string of the molecule is CCOc1ccc(C(=O)N/N=C/c2cc(Br)c(OC)c(Br)c2)cc1OC. The summed E-state index contributed by atoms with van der Waals surface area (Å²) in [4.78, 5) is 12.2. The van der Waals surface area contributed by atoms with E-state index >= 15 is 0 Å². The molecule has 138 valence electrons. The van der Waals surface area contributed by atoms with Gasteiger partial charge < -0.3 is 14.2 Å². The first kappa shape index (κ1) is 20.3. The zero-order chi connectivity index (χ0) is 19.1. The molecule has 0 saturated carbocycles. The second-order valence-electron chi connectivity index (χ2n) is 5.02. The molecular weight excluding hydrogens is 468 g/mol. The van der Waals surface area contributed by atoms with Crippen molar-refractivity contribution in [1.82, 2.24) is 5.43 Å². The monoisotopic (exact) mass is 484 g/mol. The molecular formula is C18H18Br2N2O4. The topological polar surface area (TPSA) is 69.2 Å². The number of rotatable bonds is 7. The van der Waals surface area contributed by atoms with Gasteiger partial charge in [-0.3, -0.25) is 4.79 Å².